The summed E-state index contributed by atoms with van der Waals surface area (Å²) in [7, 11) is 0. The first-order valence-electron chi connectivity index (χ1n) is 8.41. The molecule has 0 aliphatic rings. The van der Waals surface area contributed by atoms with Crippen molar-refractivity contribution in [2.75, 3.05) is 0 Å². The predicted octanol–water partition coefficient (Wildman–Crippen LogP) is 3.42. The molecule has 5 heteroatoms. The van der Waals surface area contributed by atoms with Crippen LogP contribution in [0.25, 0.3) is 0 Å². The number of carboxylic acid groups (broad SMARTS) is 1. The van der Waals surface area contributed by atoms with Crippen molar-refractivity contribution in [1.29, 1.82) is 0 Å². The lowest BCUT2D eigenvalue weighted by Crippen LogP contribution is -2.28. The van der Waals surface area contributed by atoms with Crippen LogP contribution in [0.2, 0.25) is 0 Å². The number of nitrogens with one attached hydrogen (secondary N) is 1. The van der Waals surface area contributed by atoms with Gasteiger partial charge in [0.1, 0.15) is 0 Å². The predicted molar refractivity (Wildman–Crippen MR) is 103 cm³/mol. The van der Waals surface area contributed by atoms with Crippen LogP contribution in [-0.4, -0.2) is 22.1 Å². The number of benzene rings is 3. The van der Waals surface area contributed by atoms with Crippen molar-refractivity contribution in [3.63, 3.8) is 0 Å². The van der Waals surface area contributed by atoms with Crippen LogP contribution in [0.4, 0.5) is 0 Å². The second-order valence-electron chi connectivity index (χ2n) is 5.69. The number of aliphatic hydroxyl groups excluding tert-OH is 1. The van der Waals surface area contributed by atoms with Gasteiger partial charge in [0, 0.05) is 6.54 Å². The molecule has 0 bridgehead atoms. The highest BCUT2D eigenvalue weighted by Gasteiger charge is 2.16. The first-order chi connectivity index (χ1) is 13.1. The Labute approximate surface area is 157 Å². The molecule has 1 amide bonds. The SMILES string of the molecule is O=C(NCc1ccccc1)C(O)c1ccccc1.O=C(O)c1ccccc1. The number of aromatic carboxylic acids is 1. The van der Waals surface area contributed by atoms with Crippen molar-refractivity contribution in [3.05, 3.63) is 108 Å². The Morgan fingerprint density at radius 2 is 1.26 bits per heavy atom. The fourth-order valence-electron chi connectivity index (χ4n) is 2.25. The largest absolute Gasteiger partial charge is 0.478 e. The molecule has 0 spiro atoms. The molecular weight excluding hydrogens is 342 g/mol. The molecule has 1 atom stereocenters. The van der Waals surface area contributed by atoms with Crippen molar-refractivity contribution < 1.29 is 19.8 Å². The molecule has 0 saturated carbocycles. The fraction of sp³-hybridized carbons (Fsp3) is 0.0909. The lowest BCUT2D eigenvalue weighted by molar-refractivity contribution is -0.129. The average molecular weight is 363 g/mol. The number of carbonyl (C=O) groups excluding carboxylic acids is 1. The van der Waals surface area contributed by atoms with E-state index in [4.69, 9.17) is 5.11 Å². The van der Waals surface area contributed by atoms with Crippen molar-refractivity contribution in [2.45, 2.75) is 12.6 Å². The summed E-state index contributed by atoms with van der Waals surface area (Å²) in [5, 5.41) is 20.9. The minimum Gasteiger partial charge on any atom is -0.478 e. The quantitative estimate of drug-likeness (QED) is 0.648. The van der Waals surface area contributed by atoms with E-state index in [0.29, 0.717) is 17.7 Å². The van der Waals surface area contributed by atoms with Gasteiger partial charge >= 0.3 is 5.97 Å². The Balaban J connectivity index is 0.000000244. The number of rotatable bonds is 5. The van der Waals surface area contributed by atoms with Crippen molar-refractivity contribution in [1.82, 2.24) is 5.32 Å². The maximum absolute atomic E-state index is 11.8. The Bertz CT molecular complexity index is 836. The highest BCUT2D eigenvalue weighted by Crippen LogP contribution is 2.12. The fourth-order valence-corrected chi connectivity index (χ4v) is 2.25. The van der Waals surface area contributed by atoms with E-state index in [2.05, 4.69) is 5.32 Å². The molecule has 3 N–H and O–H groups in total. The maximum Gasteiger partial charge on any atom is 0.335 e. The number of aliphatic hydroxyl groups is 1. The molecular formula is C22H21NO4. The standard InChI is InChI=1S/C15H15NO2.C7H6O2/c17-14(13-9-5-2-6-10-13)15(18)16-11-12-7-3-1-4-8-12;8-7(9)6-4-2-1-3-5-6/h1-10,14,17H,11H2,(H,16,18);1-5H,(H,8,9). The van der Waals surface area contributed by atoms with E-state index in [1.165, 1.54) is 0 Å². The van der Waals surface area contributed by atoms with E-state index in [1.54, 1.807) is 54.6 Å². The molecule has 1 unspecified atom stereocenters. The third-order valence-corrected chi connectivity index (χ3v) is 3.69. The van der Waals surface area contributed by atoms with Crippen LogP contribution in [-0.2, 0) is 11.3 Å². The van der Waals surface area contributed by atoms with Crippen LogP contribution in [0.3, 0.4) is 0 Å². The van der Waals surface area contributed by atoms with Gasteiger partial charge in [0.25, 0.3) is 5.91 Å². The Kier molecular flexibility index (Phi) is 7.75. The number of hydrogen-bond donors (Lipinski definition) is 3. The van der Waals surface area contributed by atoms with Gasteiger partial charge in [-0.15, -0.1) is 0 Å². The summed E-state index contributed by atoms with van der Waals surface area (Å²) < 4.78 is 0. The summed E-state index contributed by atoms with van der Waals surface area (Å²) in [6.07, 6.45) is -1.12. The summed E-state index contributed by atoms with van der Waals surface area (Å²) in [4.78, 5) is 22.0. The normalized spacial score (nSPS) is 10.9. The van der Waals surface area contributed by atoms with Gasteiger partial charge in [-0.25, -0.2) is 4.79 Å². The van der Waals surface area contributed by atoms with Crippen LogP contribution in [0.15, 0.2) is 91.0 Å². The Morgan fingerprint density at radius 1 is 0.778 bits per heavy atom. The zero-order valence-corrected chi connectivity index (χ0v) is 14.7. The van der Waals surface area contributed by atoms with E-state index in [1.807, 2.05) is 36.4 Å². The van der Waals surface area contributed by atoms with Crippen molar-refractivity contribution in [3.8, 4) is 0 Å². The van der Waals surface area contributed by atoms with Gasteiger partial charge in [-0.05, 0) is 23.3 Å². The Hall–Kier alpha value is -3.44. The highest BCUT2D eigenvalue weighted by atomic mass is 16.4. The van der Waals surface area contributed by atoms with Gasteiger partial charge in [-0.2, -0.15) is 0 Å². The number of amides is 1. The second kappa shape index (κ2) is 10.5. The van der Waals surface area contributed by atoms with Crippen molar-refractivity contribution in [2.24, 2.45) is 0 Å². The van der Waals surface area contributed by atoms with Crippen LogP contribution in [0.5, 0.6) is 0 Å². The third-order valence-electron chi connectivity index (χ3n) is 3.69. The molecule has 3 aromatic carbocycles. The molecule has 5 nitrogen and oxygen atoms in total. The summed E-state index contributed by atoms with van der Waals surface area (Å²) in [6, 6.07) is 26.8. The third kappa shape index (κ3) is 6.76. The molecule has 0 heterocycles. The first kappa shape index (κ1) is 19.9. The van der Waals surface area contributed by atoms with Crippen LogP contribution < -0.4 is 5.32 Å². The van der Waals surface area contributed by atoms with Gasteiger partial charge in [0.2, 0.25) is 0 Å². The highest BCUT2D eigenvalue weighted by molar-refractivity contribution is 5.87. The topological polar surface area (TPSA) is 86.6 Å². The van der Waals surface area contributed by atoms with Crippen LogP contribution in [0, 0.1) is 0 Å². The summed E-state index contributed by atoms with van der Waals surface area (Å²) in [5.74, 6) is -1.26. The number of carboxylic acids is 1. The molecule has 3 aromatic rings. The van der Waals surface area contributed by atoms with Crippen molar-refractivity contribution >= 4 is 11.9 Å². The molecule has 0 aromatic heterocycles. The molecule has 0 radical (unpaired) electrons. The van der Waals surface area contributed by atoms with Gasteiger partial charge in [-0.1, -0.05) is 78.9 Å². The summed E-state index contributed by atoms with van der Waals surface area (Å²) in [6.45, 7) is 0.420. The zero-order chi connectivity index (χ0) is 19.5. The van der Waals surface area contributed by atoms with Crippen LogP contribution >= 0.6 is 0 Å². The molecule has 0 saturated heterocycles. The minimum atomic E-state index is -1.12. The average Bonchev–Trinajstić information content (AvgIpc) is 2.74. The molecule has 0 fully saturated rings. The molecule has 0 aliphatic heterocycles. The molecule has 27 heavy (non-hydrogen) atoms. The number of carbonyl (C=O) groups is 2. The monoisotopic (exact) mass is 363 g/mol. The lowest BCUT2D eigenvalue weighted by atomic mass is 10.1. The molecule has 138 valence electrons. The Morgan fingerprint density at radius 3 is 1.74 bits per heavy atom. The summed E-state index contributed by atoms with van der Waals surface area (Å²) >= 11 is 0. The van der Waals surface area contributed by atoms with E-state index in [9.17, 15) is 14.7 Å². The van der Waals surface area contributed by atoms with E-state index < -0.39 is 12.1 Å². The van der Waals surface area contributed by atoms with E-state index >= 15 is 0 Å². The van der Waals surface area contributed by atoms with Crippen LogP contribution in [0.1, 0.15) is 27.6 Å². The molecule has 0 aliphatic carbocycles. The summed E-state index contributed by atoms with van der Waals surface area (Å²) in [5.41, 5.74) is 1.94. The zero-order valence-electron chi connectivity index (χ0n) is 14.7. The smallest absolute Gasteiger partial charge is 0.335 e. The minimum absolute atomic E-state index is 0.331. The van der Waals surface area contributed by atoms with Gasteiger partial charge in [0.15, 0.2) is 6.10 Å². The number of hydrogen-bond acceptors (Lipinski definition) is 3. The second-order valence-corrected chi connectivity index (χ2v) is 5.69. The van der Waals surface area contributed by atoms with E-state index in [0.717, 1.165) is 5.56 Å². The lowest BCUT2D eigenvalue weighted by Gasteiger charge is -2.11. The van der Waals surface area contributed by atoms with Gasteiger partial charge in [0.05, 0.1) is 5.56 Å². The van der Waals surface area contributed by atoms with Gasteiger partial charge < -0.3 is 15.5 Å². The molecule has 3 rings (SSSR count). The van der Waals surface area contributed by atoms with E-state index in [-0.39, 0.29) is 5.91 Å². The van der Waals surface area contributed by atoms with Gasteiger partial charge in [-0.3, -0.25) is 4.79 Å². The first-order valence-corrected chi connectivity index (χ1v) is 8.41. The maximum atomic E-state index is 11.8.